The van der Waals surface area contributed by atoms with Crippen molar-refractivity contribution in [2.24, 2.45) is 0 Å². The molecular formula is C14H22N2O. The first kappa shape index (κ1) is 13.7. The molecule has 0 aliphatic carbocycles. The lowest BCUT2D eigenvalue weighted by molar-refractivity contribution is 0.249. The summed E-state index contributed by atoms with van der Waals surface area (Å²) in [6.07, 6.45) is 1.90. The van der Waals surface area contributed by atoms with Gasteiger partial charge in [0.1, 0.15) is 12.4 Å². The van der Waals surface area contributed by atoms with Gasteiger partial charge in [-0.1, -0.05) is 18.2 Å². The van der Waals surface area contributed by atoms with E-state index in [2.05, 4.69) is 36.0 Å². The number of nitrogens with one attached hydrogen (secondary N) is 1. The molecule has 0 atom stereocenters. The van der Waals surface area contributed by atoms with E-state index < -0.39 is 0 Å². The summed E-state index contributed by atoms with van der Waals surface area (Å²) in [5.41, 5.74) is 1.27. The first-order chi connectivity index (χ1) is 8.26. The van der Waals surface area contributed by atoms with Crippen LogP contribution in [0.1, 0.15) is 5.56 Å². The Morgan fingerprint density at radius 1 is 1.35 bits per heavy atom. The van der Waals surface area contributed by atoms with E-state index in [0.29, 0.717) is 6.61 Å². The molecule has 0 fully saturated rings. The number of rotatable bonds is 8. The van der Waals surface area contributed by atoms with E-state index in [0.717, 1.165) is 25.4 Å². The van der Waals surface area contributed by atoms with Gasteiger partial charge in [0.2, 0.25) is 0 Å². The number of hydrogen-bond acceptors (Lipinski definition) is 3. The van der Waals surface area contributed by atoms with E-state index in [1.165, 1.54) is 5.56 Å². The summed E-state index contributed by atoms with van der Waals surface area (Å²) in [7, 11) is 4.00. The number of benzene rings is 1. The predicted molar refractivity (Wildman–Crippen MR) is 72.4 cm³/mol. The minimum absolute atomic E-state index is 0.704. The number of nitrogens with zero attached hydrogens (tertiary/aromatic N) is 1. The SMILES string of the molecule is C=CCN(C)CCOc1ccc(CNC)cc1. The average Bonchev–Trinajstić information content (AvgIpc) is 2.32. The summed E-state index contributed by atoms with van der Waals surface area (Å²) in [6, 6.07) is 8.19. The molecule has 0 aliphatic heterocycles. The van der Waals surface area contributed by atoms with Crippen molar-refractivity contribution < 1.29 is 4.74 Å². The number of hydrogen-bond donors (Lipinski definition) is 1. The molecule has 0 saturated heterocycles. The van der Waals surface area contributed by atoms with Crippen LogP contribution in [0.4, 0.5) is 0 Å². The normalized spacial score (nSPS) is 10.5. The molecule has 3 nitrogen and oxygen atoms in total. The fourth-order valence-electron chi connectivity index (χ4n) is 1.54. The largest absolute Gasteiger partial charge is 0.492 e. The molecule has 1 N–H and O–H groups in total. The lowest BCUT2D eigenvalue weighted by Crippen LogP contribution is -2.24. The number of ether oxygens (including phenoxy) is 1. The molecule has 1 rings (SSSR count). The van der Waals surface area contributed by atoms with Crippen LogP contribution >= 0.6 is 0 Å². The van der Waals surface area contributed by atoms with Crippen molar-refractivity contribution in [2.45, 2.75) is 6.54 Å². The van der Waals surface area contributed by atoms with Crippen LogP contribution in [0.3, 0.4) is 0 Å². The molecule has 0 aromatic heterocycles. The molecule has 1 aromatic rings. The van der Waals surface area contributed by atoms with Gasteiger partial charge in [-0.05, 0) is 31.8 Å². The summed E-state index contributed by atoms with van der Waals surface area (Å²) < 4.78 is 5.66. The van der Waals surface area contributed by atoms with E-state index in [1.807, 2.05) is 25.3 Å². The zero-order chi connectivity index (χ0) is 12.5. The Balaban J connectivity index is 2.29. The second kappa shape index (κ2) is 7.87. The van der Waals surface area contributed by atoms with E-state index >= 15 is 0 Å². The van der Waals surface area contributed by atoms with Crippen LogP contribution in [0.5, 0.6) is 5.75 Å². The van der Waals surface area contributed by atoms with E-state index in [4.69, 9.17) is 4.74 Å². The third kappa shape index (κ3) is 5.52. The van der Waals surface area contributed by atoms with Crippen molar-refractivity contribution in [3.63, 3.8) is 0 Å². The Morgan fingerprint density at radius 3 is 2.65 bits per heavy atom. The highest BCUT2D eigenvalue weighted by atomic mass is 16.5. The van der Waals surface area contributed by atoms with Gasteiger partial charge in [0, 0.05) is 19.6 Å². The van der Waals surface area contributed by atoms with Crippen molar-refractivity contribution in [2.75, 3.05) is 33.8 Å². The summed E-state index contributed by atoms with van der Waals surface area (Å²) in [5, 5.41) is 3.12. The summed E-state index contributed by atoms with van der Waals surface area (Å²) in [6.45, 7) is 7.10. The molecule has 0 saturated carbocycles. The highest BCUT2D eigenvalue weighted by molar-refractivity contribution is 5.27. The van der Waals surface area contributed by atoms with Crippen LogP contribution in [0.15, 0.2) is 36.9 Å². The van der Waals surface area contributed by atoms with Crippen molar-refractivity contribution in [1.29, 1.82) is 0 Å². The van der Waals surface area contributed by atoms with Crippen LogP contribution in [0, 0.1) is 0 Å². The standard InChI is InChI=1S/C14H22N2O/c1-4-9-16(3)10-11-17-14-7-5-13(6-8-14)12-15-2/h4-8,15H,1,9-12H2,2-3H3. The molecule has 0 spiro atoms. The van der Waals surface area contributed by atoms with E-state index in [-0.39, 0.29) is 0 Å². The highest BCUT2D eigenvalue weighted by Gasteiger charge is 1.97. The van der Waals surface area contributed by atoms with E-state index in [1.54, 1.807) is 0 Å². The van der Waals surface area contributed by atoms with E-state index in [9.17, 15) is 0 Å². The van der Waals surface area contributed by atoms with Crippen LogP contribution in [0.25, 0.3) is 0 Å². The molecule has 94 valence electrons. The fraction of sp³-hybridized carbons (Fsp3) is 0.429. The first-order valence-corrected chi connectivity index (χ1v) is 5.92. The Bertz CT molecular complexity index is 321. The Morgan fingerprint density at radius 2 is 2.06 bits per heavy atom. The summed E-state index contributed by atoms with van der Waals surface area (Å²) in [5.74, 6) is 0.928. The monoisotopic (exact) mass is 234 g/mol. The highest BCUT2D eigenvalue weighted by Crippen LogP contribution is 2.11. The smallest absolute Gasteiger partial charge is 0.119 e. The van der Waals surface area contributed by atoms with Gasteiger partial charge in [-0.25, -0.2) is 0 Å². The predicted octanol–water partition coefficient (Wildman–Crippen LogP) is 1.90. The summed E-state index contributed by atoms with van der Waals surface area (Å²) in [4.78, 5) is 2.17. The lowest BCUT2D eigenvalue weighted by atomic mass is 10.2. The molecule has 3 heteroatoms. The zero-order valence-corrected chi connectivity index (χ0v) is 10.8. The van der Waals surface area contributed by atoms with Gasteiger partial charge in [0.15, 0.2) is 0 Å². The minimum Gasteiger partial charge on any atom is -0.492 e. The average molecular weight is 234 g/mol. The maximum atomic E-state index is 5.66. The van der Waals surface area contributed by atoms with Gasteiger partial charge in [0.05, 0.1) is 0 Å². The van der Waals surface area contributed by atoms with Crippen molar-refractivity contribution in [3.8, 4) is 5.75 Å². The molecule has 0 bridgehead atoms. The quantitative estimate of drug-likeness (QED) is 0.695. The van der Waals surface area contributed by atoms with Gasteiger partial charge in [-0.2, -0.15) is 0 Å². The molecule has 0 amide bonds. The Hall–Kier alpha value is -1.32. The van der Waals surface area contributed by atoms with Gasteiger partial charge in [-0.3, -0.25) is 4.90 Å². The molecule has 0 unspecified atom stereocenters. The molecule has 17 heavy (non-hydrogen) atoms. The van der Waals surface area contributed by atoms with Crippen LogP contribution in [0.2, 0.25) is 0 Å². The topological polar surface area (TPSA) is 24.5 Å². The van der Waals surface area contributed by atoms with Gasteiger partial charge >= 0.3 is 0 Å². The molecule has 0 radical (unpaired) electrons. The third-order valence-corrected chi connectivity index (χ3v) is 2.49. The van der Waals surface area contributed by atoms with Gasteiger partial charge in [-0.15, -0.1) is 6.58 Å². The van der Waals surface area contributed by atoms with Crippen molar-refractivity contribution >= 4 is 0 Å². The Kier molecular flexibility index (Phi) is 6.37. The van der Waals surface area contributed by atoms with Gasteiger partial charge in [0.25, 0.3) is 0 Å². The minimum atomic E-state index is 0.704. The molecular weight excluding hydrogens is 212 g/mol. The molecule has 0 heterocycles. The summed E-state index contributed by atoms with van der Waals surface area (Å²) >= 11 is 0. The second-order valence-corrected chi connectivity index (χ2v) is 4.07. The van der Waals surface area contributed by atoms with Crippen LogP contribution < -0.4 is 10.1 Å². The zero-order valence-electron chi connectivity index (χ0n) is 10.8. The second-order valence-electron chi connectivity index (χ2n) is 4.07. The first-order valence-electron chi connectivity index (χ1n) is 5.92. The molecule has 1 aromatic carbocycles. The third-order valence-electron chi connectivity index (χ3n) is 2.49. The van der Waals surface area contributed by atoms with Crippen LogP contribution in [-0.2, 0) is 6.54 Å². The fourth-order valence-corrected chi connectivity index (χ4v) is 1.54. The lowest BCUT2D eigenvalue weighted by Gasteiger charge is -2.14. The Labute approximate surface area is 104 Å². The van der Waals surface area contributed by atoms with Gasteiger partial charge < -0.3 is 10.1 Å². The van der Waals surface area contributed by atoms with Crippen molar-refractivity contribution in [1.82, 2.24) is 10.2 Å². The number of likely N-dealkylation sites (N-methyl/N-ethyl adjacent to an activating group) is 1. The van der Waals surface area contributed by atoms with Crippen LogP contribution in [-0.4, -0.2) is 38.7 Å². The maximum absolute atomic E-state index is 5.66. The molecule has 0 aliphatic rings. The maximum Gasteiger partial charge on any atom is 0.119 e. The van der Waals surface area contributed by atoms with Crippen molar-refractivity contribution in [3.05, 3.63) is 42.5 Å².